The van der Waals surface area contributed by atoms with Crippen LogP contribution in [0.2, 0.25) is 5.02 Å². The Morgan fingerprint density at radius 1 is 1.09 bits per heavy atom. The van der Waals surface area contributed by atoms with Gasteiger partial charge in [0, 0.05) is 11.1 Å². The summed E-state index contributed by atoms with van der Waals surface area (Å²) in [5.41, 5.74) is 3.26. The van der Waals surface area contributed by atoms with E-state index < -0.39 is 0 Å². The Morgan fingerprint density at radius 3 is 2.71 bits per heavy atom. The standard InChI is InChI=1S/C24H20ClN7O2/c1-14-5-3-6-16(9-14)11-21(33)27-20-10-15(2)30-32(20)24-28-22-19(23(34)29-24)13-26-31(22)18-8-4-7-17(25)12-18/h3-10,12-13H,11H2,1-2H3,(H,27,33)(H,28,29,34). The number of rotatable bonds is 5. The number of H-pyrrole nitrogens is 1. The van der Waals surface area contributed by atoms with Gasteiger partial charge in [0.2, 0.25) is 11.9 Å². The molecule has 5 aromatic rings. The first-order valence-corrected chi connectivity index (χ1v) is 10.9. The van der Waals surface area contributed by atoms with Crippen LogP contribution >= 0.6 is 11.6 Å². The van der Waals surface area contributed by atoms with Crippen molar-refractivity contribution < 1.29 is 4.79 Å². The summed E-state index contributed by atoms with van der Waals surface area (Å²) >= 11 is 6.13. The molecule has 3 aromatic heterocycles. The maximum Gasteiger partial charge on any atom is 0.263 e. The molecule has 0 atom stereocenters. The fourth-order valence-corrected chi connectivity index (χ4v) is 3.93. The lowest BCUT2D eigenvalue weighted by atomic mass is 10.1. The van der Waals surface area contributed by atoms with Crippen LogP contribution in [-0.2, 0) is 11.2 Å². The van der Waals surface area contributed by atoms with E-state index in [4.69, 9.17) is 11.6 Å². The van der Waals surface area contributed by atoms with Crippen molar-refractivity contribution in [1.82, 2.24) is 29.5 Å². The van der Waals surface area contributed by atoms with Gasteiger partial charge in [-0.25, -0.2) is 4.68 Å². The Bertz CT molecular complexity index is 1600. The van der Waals surface area contributed by atoms with Crippen molar-refractivity contribution in [3.63, 3.8) is 0 Å². The van der Waals surface area contributed by atoms with E-state index in [9.17, 15) is 9.59 Å². The first-order valence-electron chi connectivity index (χ1n) is 10.5. The third kappa shape index (κ3) is 4.20. The lowest BCUT2D eigenvalue weighted by Gasteiger charge is -2.09. The van der Waals surface area contributed by atoms with Gasteiger partial charge < -0.3 is 5.32 Å². The molecule has 3 heterocycles. The van der Waals surface area contributed by atoms with Gasteiger partial charge in [-0.15, -0.1) is 0 Å². The number of anilines is 1. The fourth-order valence-electron chi connectivity index (χ4n) is 3.75. The molecule has 0 aliphatic carbocycles. The van der Waals surface area contributed by atoms with Crippen LogP contribution < -0.4 is 10.9 Å². The van der Waals surface area contributed by atoms with Gasteiger partial charge in [-0.1, -0.05) is 47.5 Å². The summed E-state index contributed by atoms with van der Waals surface area (Å²) in [6.07, 6.45) is 1.65. The van der Waals surface area contributed by atoms with E-state index in [0.717, 1.165) is 11.1 Å². The molecule has 9 nitrogen and oxygen atoms in total. The number of carbonyl (C=O) groups excluding carboxylic acids is 1. The summed E-state index contributed by atoms with van der Waals surface area (Å²) in [4.78, 5) is 32.8. The van der Waals surface area contributed by atoms with Crippen molar-refractivity contribution in [2.75, 3.05) is 5.32 Å². The zero-order valence-electron chi connectivity index (χ0n) is 18.4. The quantitative estimate of drug-likeness (QED) is 0.404. The van der Waals surface area contributed by atoms with Gasteiger partial charge in [0.05, 0.1) is 24.0 Å². The first-order chi connectivity index (χ1) is 16.4. The number of carbonyl (C=O) groups is 1. The summed E-state index contributed by atoms with van der Waals surface area (Å²) in [6.45, 7) is 3.77. The Kier molecular flexibility index (Phi) is 5.46. The van der Waals surface area contributed by atoms with Crippen LogP contribution in [0.25, 0.3) is 22.7 Å². The molecule has 0 bridgehead atoms. The number of nitrogens with zero attached hydrogens (tertiary/aromatic N) is 5. The molecule has 1 amide bonds. The molecule has 10 heteroatoms. The van der Waals surface area contributed by atoms with Gasteiger partial charge >= 0.3 is 0 Å². The highest BCUT2D eigenvalue weighted by atomic mass is 35.5. The summed E-state index contributed by atoms with van der Waals surface area (Å²) < 4.78 is 2.94. The molecule has 2 N–H and O–H groups in total. The minimum Gasteiger partial charge on any atom is -0.310 e. The second-order valence-electron chi connectivity index (χ2n) is 7.96. The number of benzene rings is 2. The van der Waals surface area contributed by atoms with Crippen LogP contribution in [0.5, 0.6) is 0 Å². The van der Waals surface area contributed by atoms with Gasteiger partial charge in [-0.2, -0.15) is 19.9 Å². The van der Waals surface area contributed by atoms with E-state index in [2.05, 4.69) is 25.5 Å². The van der Waals surface area contributed by atoms with Crippen molar-refractivity contribution in [3.8, 4) is 11.6 Å². The predicted molar refractivity (Wildman–Crippen MR) is 130 cm³/mol. The van der Waals surface area contributed by atoms with Crippen LogP contribution in [-0.4, -0.2) is 35.4 Å². The van der Waals surface area contributed by atoms with Crippen molar-refractivity contribution in [3.05, 3.63) is 93.0 Å². The van der Waals surface area contributed by atoms with E-state index in [-0.39, 0.29) is 23.8 Å². The normalized spacial score (nSPS) is 11.1. The maximum atomic E-state index is 12.8. The van der Waals surface area contributed by atoms with E-state index in [1.807, 2.05) is 37.3 Å². The Balaban J connectivity index is 1.52. The monoisotopic (exact) mass is 473 g/mol. The van der Waals surface area contributed by atoms with Crippen LogP contribution in [0.4, 0.5) is 5.82 Å². The zero-order chi connectivity index (χ0) is 23.8. The molecule has 2 aromatic carbocycles. The second-order valence-corrected chi connectivity index (χ2v) is 8.40. The number of halogens is 1. The summed E-state index contributed by atoms with van der Waals surface area (Å²) in [5, 5.41) is 12.5. The molecule has 0 saturated carbocycles. The zero-order valence-corrected chi connectivity index (χ0v) is 19.2. The van der Waals surface area contributed by atoms with E-state index in [1.165, 1.54) is 15.6 Å². The third-order valence-electron chi connectivity index (χ3n) is 5.23. The molecule has 0 unspecified atom stereocenters. The highest BCUT2D eigenvalue weighted by Gasteiger charge is 2.17. The first kappa shape index (κ1) is 21.6. The maximum absolute atomic E-state index is 12.8. The van der Waals surface area contributed by atoms with Gasteiger partial charge in [0.15, 0.2) is 5.65 Å². The molecule has 5 rings (SSSR count). The van der Waals surface area contributed by atoms with Crippen molar-refractivity contribution in [1.29, 1.82) is 0 Å². The summed E-state index contributed by atoms with van der Waals surface area (Å²) in [6, 6.07) is 16.6. The summed E-state index contributed by atoms with van der Waals surface area (Å²) in [7, 11) is 0. The molecule has 0 aliphatic rings. The van der Waals surface area contributed by atoms with Crippen LogP contribution in [0.3, 0.4) is 0 Å². The van der Waals surface area contributed by atoms with Crippen molar-refractivity contribution >= 4 is 34.4 Å². The number of hydrogen-bond acceptors (Lipinski definition) is 5. The third-order valence-corrected chi connectivity index (χ3v) is 5.46. The number of hydrogen-bond donors (Lipinski definition) is 2. The Morgan fingerprint density at radius 2 is 1.91 bits per heavy atom. The van der Waals surface area contributed by atoms with Gasteiger partial charge in [0.25, 0.3) is 5.56 Å². The molecular weight excluding hydrogens is 454 g/mol. The molecule has 34 heavy (non-hydrogen) atoms. The molecule has 0 aliphatic heterocycles. The predicted octanol–water partition coefficient (Wildman–Crippen LogP) is 3.75. The second kappa shape index (κ2) is 8.60. The summed E-state index contributed by atoms with van der Waals surface area (Å²) in [5.74, 6) is 0.339. The van der Waals surface area contributed by atoms with Gasteiger partial charge in [-0.05, 0) is 37.6 Å². The largest absolute Gasteiger partial charge is 0.310 e. The average Bonchev–Trinajstić information content (AvgIpc) is 3.37. The number of aryl methyl sites for hydroxylation is 2. The van der Waals surface area contributed by atoms with Crippen LogP contribution in [0, 0.1) is 13.8 Å². The molecular formula is C24H20ClN7O2. The molecule has 170 valence electrons. The topological polar surface area (TPSA) is 110 Å². The van der Waals surface area contributed by atoms with Gasteiger partial charge in [0.1, 0.15) is 11.2 Å². The molecule has 0 radical (unpaired) electrons. The lowest BCUT2D eigenvalue weighted by molar-refractivity contribution is -0.115. The number of aromatic amines is 1. The minimum atomic E-state index is -0.376. The van der Waals surface area contributed by atoms with Crippen molar-refractivity contribution in [2.24, 2.45) is 0 Å². The average molecular weight is 474 g/mol. The lowest BCUT2D eigenvalue weighted by Crippen LogP contribution is -2.20. The Hall–Kier alpha value is -4.24. The number of aromatic nitrogens is 6. The van der Waals surface area contributed by atoms with E-state index in [0.29, 0.717) is 33.3 Å². The highest BCUT2D eigenvalue weighted by molar-refractivity contribution is 6.30. The van der Waals surface area contributed by atoms with Crippen LogP contribution in [0.1, 0.15) is 16.8 Å². The smallest absolute Gasteiger partial charge is 0.263 e. The molecule has 0 spiro atoms. The SMILES string of the molecule is Cc1cccc(CC(=O)Nc2cc(C)nn2-c2nc3c(cnn3-c3cccc(Cl)c3)c(=O)[nH]2)c1. The molecule has 0 fully saturated rings. The molecule has 0 saturated heterocycles. The van der Waals surface area contributed by atoms with E-state index >= 15 is 0 Å². The minimum absolute atomic E-state index is 0.153. The van der Waals surface area contributed by atoms with Gasteiger partial charge in [-0.3, -0.25) is 14.6 Å². The van der Waals surface area contributed by atoms with Crippen LogP contribution in [0.15, 0.2) is 65.6 Å². The highest BCUT2D eigenvalue weighted by Crippen LogP contribution is 2.20. The Labute approximate surface area is 199 Å². The van der Waals surface area contributed by atoms with E-state index in [1.54, 1.807) is 31.2 Å². The van der Waals surface area contributed by atoms with Crippen molar-refractivity contribution in [2.45, 2.75) is 20.3 Å². The number of nitrogens with one attached hydrogen (secondary N) is 2. The fraction of sp³-hybridized carbons (Fsp3) is 0.125. The number of amides is 1. The number of fused-ring (bicyclic) bond motifs is 1.